The molecule has 0 radical (unpaired) electrons. The number of pyridine rings is 1. The Morgan fingerprint density at radius 1 is 1.33 bits per heavy atom. The number of anilines is 2. The summed E-state index contributed by atoms with van der Waals surface area (Å²) in [4.78, 5) is 6.74. The number of aromatic nitrogens is 1. The van der Waals surface area contributed by atoms with Crippen molar-refractivity contribution in [2.75, 3.05) is 24.2 Å². The van der Waals surface area contributed by atoms with Gasteiger partial charge in [-0.1, -0.05) is 6.42 Å². The van der Waals surface area contributed by atoms with Gasteiger partial charge in [0.2, 0.25) is 0 Å². The van der Waals surface area contributed by atoms with E-state index in [1.165, 1.54) is 30.3 Å². The number of benzene rings is 1. The van der Waals surface area contributed by atoms with E-state index in [1.807, 2.05) is 18.3 Å². The van der Waals surface area contributed by atoms with Crippen molar-refractivity contribution in [1.29, 1.82) is 0 Å². The first-order valence-electron chi connectivity index (χ1n) is 6.59. The Morgan fingerprint density at radius 3 is 2.89 bits per heavy atom. The van der Waals surface area contributed by atoms with Crippen LogP contribution in [0.5, 0.6) is 0 Å². The van der Waals surface area contributed by atoms with E-state index >= 15 is 0 Å². The van der Waals surface area contributed by atoms with E-state index < -0.39 is 0 Å². The summed E-state index contributed by atoms with van der Waals surface area (Å²) in [5.41, 5.74) is 8.82. The summed E-state index contributed by atoms with van der Waals surface area (Å²) in [6.07, 6.45) is 6.02. The first-order chi connectivity index (χ1) is 8.74. The van der Waals surface area contributed by atoms with Gasteiger partial charge in [0.05, 0.1) is 5.52 Å². The molecule has 3 rings (SSSR count). The summed E-state index contributed by atoms with van der Waals surface area (Å²) in [5.74, 6) is 0.868. The lowest BCUT2D eigenvalue weighted by molar-refractivity contribution is 0.321. The Kier molecular flexibility index (Phi) is 2.82. The molecule has 3 heteroatoms. The lowest BCUT2D eigenvalue weighted by Gasteiger charge is -2.31. The molecule has 0 unspecified atom stereocenters. The third-order valence-corrected chi connectivity index (χ3v) is 3.91. The quantitative estimate of drug-likeness (QED) is 0.840. The molecule has 1 saturated carbocycles. The van der Waals surface area contributed by atoms with E-state index in [2.05, 4.69) is 29.1 Å². The Balaban J connectivity index is 1.94. The maximum Gasteiger partial charge on any atom is 0.0743 e. The third kappa shape index (κ3) is 2.01. The molecule has 0 spiro atoms. The van der Waals surface area contributed by atoms with Crippen molar-refractivity contribution in [3.63, 3.8) is 0 Å². The molecule has 2 N–H and O–H groups in total. The monoisotopic (exact) mass is 241 g/mol. The van der Waals surface area contributed by atoms with Crippen LogP contribution in [0.15, 0.2) is 30.5 Å². The Labute approximate surface area is 108 Å². The minimum atomic E-state index is 0.772. The highest BCUT2D eigenvalue weighted by Crippen LogP contribution is 2.31. The molecule has 94 valence electrons. The lowest BCUT2D eigenvalue weighted by Crippen LogP contribution is -2.29. The van der Waals surface area contributed by atoms with Gasteiger partial charge in [-0.25, -0.2) is 0 Å². The van der Waals surface area contributed by atoms with Crippen molar-refractivity contribution < 1.29 is 0 Å². The molecule has 1 fully saturated rings. The van der Waals surface area contributed by atoms with Crippen molar-refractivity contribution in [2.24, 2.45) is 5.92 Å². The number of rotatable bonds is 3. The first-order valence-corrected chi connectivity index (χ1v) is 6.59. The van der Waals surface area contributed by atoms with Crippen molar-refractivity contribution in [3.05, 3.63) is 30.5 Å². The maximum atomic E-state index is 5.81. The van der Waals surface area contributed by atoms with Gasteiger partial charge < -0.3 is 10.6 Å². The number of hydrogen-bond donors (Lipinski definition) is 1. The van der Waals surface area contributed by atoms with Gasteiger partial charge in [-0.05, 0) is 43.0 Å². The van der Waals surface area contributed by atoms with Gasteiger partial charge in [0, 0.05) is 36.6 Å². The smallest absolute Gasteiger partial charge is 0.0743 e. The fourth-order valence-electron chi connectivity index (χ4n) is 2.64. The van der Waals surface area contributed by atoms with Crippen LogP contribution in [0.2, 0.25) is 0 Å². The summed E-state index contributed by atoms with van der Waals surface area (Å²) < 4.78 is 0. The van der Waals surface area contributed by atoms with Crippen LogP contribution >= 0.6 is 0 Å². The standard InChI is InChI=1S/C15H19N3/c1-18(10-11-3-2-4-11)15-7-8-17-14-9-12(16)5-6-13(14)15/h5-9,11H,2-4,10,16H2,1H3. The van der Waals surface area contributed by atoms with Crippen LogP contribution in [-0.2, 0) is 0 Å². The highest BCUT2D eigenvalue weighted by molar-refractivity contribution is 5.93. The third-order valence-electron chi connectivity index (χ3n) is 3.91. The molecule has 1 aliphatic carbocycles. The topological polar surface area (TPSA) is 42.2 Å². The van der Waals surface area contributed by atoms with Crippen molar-refractivity contribution in [2.45, 2.75) is 19.3 Å². The lowest BCUT2D eigenvalue weighted by atomic mass is 9.85. The molecular formula is C15H19N3. The maximum absolute atomic E-state index is 5.81. The Morgan fingerprint density at radius 2 is 2.17 bits per heavy atom. The van der Waals surface area contributed by atoms with Crippen LogP contribution < -0.4 is 10.6 Å². The average Bonchev–Trinajstić information content (AvgIpc) is 2.32. The normalized spacial score (nSPS) is 15.6. The van der Waals surface area contributed by atoms with Gasteiger partial charge >= 0.3 is 0 Å². The number of nitrogen functional groups attached to an aromatic ring is 1. The van der Waals surface area contributed by atoms with Gasteiger partial charge in [0.25, 0.3) is 0 Å². The largest absolute Gasteiger partial charge is 0.399 e. The molecule has 0 aliphatic heterocycles. The van der Waals surface area contributed by atoms with E-state index in [9.17, 15) is 0 Å². The summed E-state index contributed by atoms with van der Waals surface area (Å²) in [6.45, 7) is 1.14. The molecule has 0 atom stereocenters. The molecule has 0 saturated heterocycles. The van der Waals surface area contributed by atoms with E-state index in [4.69, 9.17) is 5.73 Å². The second kappa shape index (κ2) is 4.48. The predicted octanol–water partition coefficient (Wildman–Crippen LogP) is 3.05. The summed E-state index contributed by atoms with van der Waals surface area (Å²) in [6, 6.07) is 8.06. The second-order valence-electron chi connectivity index (χ2n) is 5.28. The van der Waals surface area contributed by atoms with Crippen LogP contribution in [-0.4, -0.2) is 18.6 Å². The molecule has 1 aromatic carbocycles. The fourth-order valence-corrected chi connectivity index (χ4v) is 2.64. The number of nitrogens with two attached hydrogens (primary N) is 1. The van der Waals surface area contributed by atoms with Gasteiger partial charge in [0.1, 0.15) is 0 Å². The van der Waals surface area contributed by atoms with Gasteiger partial charge in [-0.15, -0.1) is 0 Å². The summed E-state index contributed by atoms with van der Waals surface area (Å²) in [5, 5.41) is 1.19. The van der Waals surface area contributed by atoms with Crippen molar-refractivity contribution in [3.8, 4) is 0 Å². The second-order valence-corrected chi connectivity index (χ2v) is 5.28. The molecule has 1 aliphatic rings. The van der Waals surface area contributed by atoms with Gasteiger partial charge in [0.15, 0.2) is 0 Å². The highest BCUT2D eigenvalue weighted by atomic mass is 15.1. The van der Waals surface area contributed by atoms with Crippen molar-refractivity contribution in [1.82, 2.24) is 4.98 Å². The Hall–Kier alpha value is -1.77. The Bertz CT molecular complexity index is 561. The van der Waals surface area contributed by atoms with Crippen LogP contribution in [0.3, 0.4) is 0 Å². The van der Waals surface area contributed by atoms with Crippen LogP contribution in [0.1, 0.15) is 19.3 Å². The van der Waals surface area contributed by atoms with Crippen LogP contribution in [0.25, 0.3) is 10.9 Å². The average molecular weight is 241 g/mol. The first kappa shape index (κ1) is 11.3. The molecule has 0 amide bonds. The molecule has 1 heterocycles. The SMILES string of the molecule is CN(CC1CCC1)c1ccnc2cc(N)ccc12. The minimum absolute atomic E-state index is 0.772. The summed E-state index contributed by atoms with van der Waals surface area (Å²) in [7, 11) is 2.17. The zero-order valence-electron chi connectivity index (χ0n) is 10.8. The zero-order valence-corrected chi connectivity index (χ0v) is 10.8. The highest BCUT2D eigenvalue weighted by Gasteiger charge is 2.19. The fraction of sp³-hybridized carbons (Fsp3) is 0.400. The molecule has 1 aromatic heterocycles. The number of nitrogens with zero attached hydrogens (tertiary/aromatic N) is 2. The number of fused-ring (bicyclic) bond motifs is 1. The van der Waals surface area contributed by atoms with E-state index in [0.29, 0.717) is 0 Å². The minimum Gasteiger partial charge on any atom is -0.399 e. The van der Waals surface area contributed by atoms with E-state index in [0.717, 1.165) is 23.7 Å². The molecular weight excluding hydrogens is 222 g/mol. The van der Waals surface area contributed by atoms with E-state index in [-0.39, 0.29) is 0 Å². The van der Waals surface area contributed by atoms with E-state index in [1.54, 1.807) is 0 Å². The molecule has 2 aromatic rings. The predicted molar refractivity (Wildman–Crippen MR) is 76.8 cm³/mol. The van der Waals surface area contributed by atoms with Gasteiger partial charge in [-0.3, -0.25) is 4.98 Å². The van der Waals surface area contributed by atoms with Crippen LogP contribution in [0.4, 0.5) is 11.4 Å². The van der Waals surface area contributed by atoms with Gasteiger partial charge in [-0.2, -0.15) is 0 Å². The summed E-state index contributed by atoms with van der Waals surface area (Å²) >= 11 is 0. The molecule has 3 nitrogen and oxygen atoms in total. The van der Waals surface area contributed by atoms with Crippen molar-refractivity contribution >= 4 is 22.3 Å². The molecule has 18 heavy (non-hydrogen) atoms. The number of hydrogen-bond acceptors (Lipinski definition) is 3. The zero-order chi connectivity index (χ0) is 12.5. The molecule has 0 bridgehead atoms. The van der Waals surface area contributed by atoms with Crippen LogP contribution in [0, 0.1) is 5.92 Å².